The summed E-state index contributed by atoms with van der Waals surface area (Å²) in [5.74, 6) is 1.93. The first-order valence-corrected chi connectivity index (χ1v) is 8.41. The summed E-state index contributed by atoms with van der Waals surface area (Å²) in [5.41, 5.74) is 0.765. The highest BCUT2D eigenvalue weighted by Gasteiger charge is 2.21. The Hall–Kier alpha value is -1.77. The Morgan fingerprint density at radius 2 is 2.00 bits per heavy atom. The molecule has 0 saturated heterocycles. The van der Waals surface area contributed by atoms with E-state index in [0.717, 1.165) is 29.2 Å². The number of carbonyl (C=O) groups is 1. The Labute approximate surface area is 132 Å². The second-order valence-corrected chi connectivity index (χ2v) is 6.88. The smallest absolute Gasteiger partial charge is 0.287 e. The molecule has 1 aliphatic rings. The van der Waals surface area contributed by atoms with Crippen LogP contribution in [-0.4, -0.2) is 11.9 Å². The fraction of sp³-hybridized carbons (Fsp3) is 0.526. The number of hydrogen-bond donors (Lipinski definition) is 1. The molecule has 118 valence electrons. The molecule has 1 aliphatic carbocycles. The van der Waals surface area contributed by atoms with Crippen molar-refractivity contribution >= 4 is 16.9 Å². The van der Waals surface area contributed by atoms with E-state index in [9.17, 15) is 4.79 Å². The van der Waals surface area contributed by atoms with Crippen molar-refractivity contribution in [2.24, 2.45) is 11.8 Å². The van der Waals surface area contributed by atoms with Crippen LogP contribution in [0.3, 0.4) is 0 Å². The van der Waals surface area contributed by atoms with Crippen molar-refractivity contribution < 1.29 is 9.21 Å². The average molecular weight is 299 g/mol. The Balaban J connectivity index is 1.56. The van der Waals surface area contributed by atoms with Crippen molar-refractivity contribution in [1.29, 1.82) is 0 Å². The number of carbonyl (C=O) groups excluding carboxylic acids is 1. The maximum Gasteiger partial charge on any atom is 0.287 e. The summed E-state index contributed by atoms with van der Waals surface area (Å²) in [5, 5.41) is 4.06. The number of fused-ring (bicyclic) bond motifs is 1. The molecule has 3 nitrogen and oxygen atoms in total. The first-order chi connectivity index (χ1) is 10.6. The lowest BCUT2D eigenvalue weighted by Gasteiger charge is -2.28. The minimum Gasteiger partial charge on any atom is -0.451 e. The van der Waals surface area contributed by atoms with E-state index in [1.807, 2.05) is 30.3 Å². The number of rotatable bonds is 4. The van der Waals surface area contributed by atoms with Crippen LogP contribution >= 0.6 is 0 Å². The van der Waals surface area contributed by atoms with E-state index in [2.05, 4.69) is 19.2 Å². The molecule has 1 aromatic heterocycles. The molecule has 2 aromatic rings. The van der Waals surface area contributed by atoms with Gasteiger partial charge in [0.15, 0.2) is 5.76 Å². The maximum absolute atomic E-state index is 12.3. The van der Waals surface area contributed by atoms with Crippen LogP contribution in [0.15, 0.2) is 34.7 Å². The summed E-state index contributed by atoms with van der Waals surface area (Å²) in [7, 11) is 0. The highest BCUT2D eigenvalue weighted by Crippen LogP contribution is 2.31. The molecule has 1 aromatic carbocycles. The molecule has 0 radical (unpaired) electrons. The zero-order chi connectivity index (χ0) is 15.5. The molecule has 0 aliphatic heterocycles. The number of furan rings is 1. The molecule has 1 atom stereocenters. The Morgan fingerprint density at radius 1 is 1.27 bits per heavy atom. The average Bonchev–Trinajstić information content (AvgIpc) is 2.93. The molecule has 0 spiro atoms. The summed E-state index contributed by atoms with van der Waals surface area (Å²) in [6, 6.07) is 9.73. The SMILES string of the molecule is CC1CCC(CC(C)NC(=O)c2cc3ccccc3o2)CC1. The highest BCUT2D eigenvalue weighted by atomic mass is 16.3. The van der Waals surface area contributed by atoms with Gasteiger partial charge in [-0.3, -0.25) is 4.79 Å². The fourth-order valence-corrected chi connectivity index (χ4v) is 3.51. The summed E-state index contributed by atoms with van der Waals surface area (Å²) in [6.45, 7) is 4.43. The van der Waals surface area contributed by atoms with Crippen LogP contribution < -0.4 is 5.32 Å². The first-order valence-electron chi connectivity index (χ1n) is 8.41. The largest absolute Gasteiger partial charge is 0.451 e. The van der Waals surface area contributed by atoms with Crippen LogP contribution in [0.25, 0.3) is 11.0 Å². The quantitative estimate of drug-likeness (QED) is 0.883. The normalized spacial score (nSPS) is 23.4. The number of para-hydroxylation sites is 1. The van der Waals surface area contributed by atoms with Gasteiger partial charge in [0.2, 0.25) is 0 Å². The minimum atomic E-state index is -0.104. The number of nitrogens with one attached hydrogen (secondary N) is 1. The summed E-state index contributed by atoms with van der Waals surface area (Å²) >= 11 is 0. The van der Waals surface area contributed by atoms with Crippen LogP contribution in [-0.2, 0) is 0 Å². The number of benzene rings is 1. The summed E-state index contributed by atoms with van der Waals surface area (Å²) < 4.78 is 5.62. The molecule has 22 heavy (non-hydrogen) atoms. The van der Waals surface area contributed by atoms with Gasteiger partial charge in [-0.15, -0.1) is 0 Å². The fourth-order valence-electron chi connectivity index (χ4n) is 3.51. The van der Waals surface area contributed by atoms with Crippen molar-refractivity contribution in [2.45, 2.75) is 52.0 Å². The van der Waals surface area contributed by atoms with Gasteiger partial charge in [-0.05, 0) is 37.3 Å². The van der Waals surface area contributed by atoms with Crippen molar-refractivity contribution in [3.05, 3.63) is 36.1 Å². The molecule has 1 N–H and O–H groups in total. The van der Waals surface area contributed by atoms with Crippen LogP contribution in [0, 0.1) is 11.8 Å². The standard InChI is InChI=1S/C19H25NO2/c1-13-7-9-15(10-8-13)11-14(2)20-19(21)18-12-16-5-3-4-6-17(16)22-18/h3-6,12-15H,7-11H2,1-2H3,(H,20,21). The lowest BCUT2D eigenvalue weighted by atomic mass is 9.80. The topological polar surface area (TPSA) is 42.2 Å². The van der Waals surface area contributed by atoms with E-state index in [0.29, 0.717) is 5.76 Å². The molecule has 3 heteroatoms. The van der Waals surface area contributed by atoms with E-state index < -0.39 is 0 Å². The van der Waals surface area contributed by atoms with Crippen molar-refractivity contribution in [2.75, 3.05) is 0 Å². The van der Waals surface area contributed by atoms with Gasteiger partial charge in [-0.25, -0.2) is 0 Å². The van der Waals surface area contributed by atoms with Gasteiger partial charge in [-0.1, -0.05) is 50.8 Å². The molecule has 0 bridgehead atoms. The molecule has 3 rings (SSSR count). The summed E-state index contributed by atoms with van der Waals surface area (Å²) in [4.78, 5) is 12.3. The second-order valence-electron chi connectivity index (χ2n) is 6.88. The minimum absolute atomic E-state index is 0.104. The molecule has 1 saturated carbocycles. The Kier molecular flexibility index (Phi) is 4.51. The van der Waals surface area contributed by atoms with Gasteiger partial charge in [0, 0.05) is 11.4 Å². The molecular formula is C19H25NO2. The molecule has 1 fully saturated rings. The van der Waals surface area contributed by atoms with Crippen molar-refractivity contribution in [3.8, 4) is 0 Å². The van der Waals surface area contributed by atoms with Gasteiger partial charge < -0.3 is 9.73 Å². The predicted molar refractivity (Wildman–Crippen MR) is 88.9 cm³/mol. The van der Waals surface area contributed by atoms with Gasteiger partial charge >= 0.3 is 0 Å². The van der Waals surface area contributed by atoms with Gasteiger partial charge in [0.1, 0.15) is 5.58 Å². The zero-order valence-corrected chi connectivity index (χ0v) is 13.5. The van der Waals surface area contributed by atoms with E-state index in [1.165, 1.54) is 25.7 Å². The molecule has 1 heterocycles. The number of amides is 1. The van der Waals surface area contributed by atoms with Gasteiger partial charge in [-0.2, -0.15) is 0 Å². The van der Waals surface area contributed by atoms with Gasteiger partial charge in [0.25, 0.3) is 5.91 Å². The van der Waals surface area contributed by atoms with E-state index in [1.54, 1.807) is 0 Å². The second kappa shape index (κ2) is 6.55. The maximum atomic E-state index is 12.3. The van der Waals surface area contributed by atoms with E-state index in [4.69, 9.17) is 4.42 Å². The lowest BCUT2D eigenvalue weighted by molar-refractivity contribution is 0.0906. The molecule has 1 amide bonds. The van der Waals surface area contributed by atoms with Crippen LogP contribution in [0.2, 0.25) is 0 Å². The van der Waals surface area contributed by atoms with Crippen LogP contribution in [0.1, 0.15) is 56.5 Å². The van der Waals surface area contributed by atoms with Crippen molar-refractivity contribution in [3.63, 3.8) is 0 Å². The number of hydrogen-bond acceptors (Lipinski definition) is 2. The summed E-state index contributed by atoms with van der Waals surface area (Å²) in [6.07, 6.45) is 6.32. The third-order valence-electron chi connectivity index (χ3n) is 4.85. The Bertz CT molecular complexity index is 605. The molecule has 1 unspecified atom stereocenters. The zero-order valence-electron chi connectivity index (χ0n) is 13.5. The molecular weight excluding hydrogens is 274 g/mol. The van der Waals surface area contributed by atoms with Crippen LogP contribution in [0.4, 0.5) is 0 Å². The van der Waals surface area contributed by atoms with Gasteiger partial charge in [0.05, 0.1) is 0 Å². The van der Waals surface area contributed by atoms with Crippen molar-refractivity contribution in [1.82, 2.24) is 5.32 Å². The highest BCUT2D eigenvalue weighted by molar-refractivity contribution is 5.96. The first kappa shape index (κ1) is 15.1. The lowest BCUT2D eigenvalue weighted by Crippen LogP contribution is -2.34. The third-order valence-corrected chi connectivity index (χ3v) is 4.85. The van der Waals surface area contributed by atoms with E-state index in [-0.39, 0.29) is 11.9 Å². The monoisotopic (exact) mass is 299 g/mol. The predicted octanol–water partition coefficient (Wildman–Crippen LogP) is 4.77. The third kappa shape index (κ3) is 3.52. The Morgan fingerprint density at radius 3 is 2.73 bits per heavy atom. The van der Waals surface area contributed by atoms with Crippen LogP contribution in [0.5, 0.6) is 0 Å². The van der Waals surface area contributed by atoms with E-state index >= 15 is 0 Å².